The normalized spacial score (nSPS) is 10.1. The molecular formula is C12H7ClFNO3. The fourth-order valence-corrected chi connectivity index (χ4v) is 1.48. The average Bonchev–Trinajstić information content (AvgIpc) is 2.28. The van der Waals surface area contributed by atoms with E-state index in [1.165, 1.54) is 30.6 Å². The highest BCUT2D eigenvalue weighted by atomic mass is 35.5. The summed E-state index contributed by atoms with van der Waals surface area (Å²) >= 11 is 5.66. The molecule has 2 rings (SSSR count). The number of benzene rings is 1. The van der Waals surface area contributed by atoms with Gasteiger partial charge in [0.1, 0.15) is 17.1 Å². The maximum atomic E-state index is 13.4. The number of aromatic hydroxyl groups is 1. The first-order chi connectivity index (χ1) is 8.58. The number of aromatic nitrogens is 1. The molecular weight excluding hydrogens is 261 g/mol. The molecule has 0 fully saturated rings. The molecule has 0 bridgehead atoms. The predicted molar refractivity (Wildman–Crippen MR) is 62.3 cm³/mol. The van der Waals surface area contributed by atoms with Gasteiger partial charge in [0, 0.05) is 12.3 Å². The maximum absolute atomic E-state index is 13.4. The van der Waals surface area contributed by atoms with Crippen molar-refractivity contribution >= 4 is 17.6 Å². The van der Waals surface area contributed by atoms with Gasteiger partial charge in [0.15, 0.2) is 5.75 Å². The van der Waals surface area contributed by atoms with Crippen LogP contribution < -0.4 is 4.74 Å². The topological polar surface area (TPSA) is 59.4 Å². The van der Waals surface area contributed by atoms with Crippen molar-refractivity contribution in [1.82, 2.24) is 4.98 Å². The van der Waals surface area contributed by atoms with Crippen molar-refractivity contribution in [2.24, 2.45) is 0 Å². The molecule has 0 spiro atoms. The number of halogens is 2. The lowest BCUT2D eigenvalue weighted by atomic mass is 10.2. The minimum absolute atomic E-state index is 0.0650. The van der Waals surface area contributed by atoms with E-state index in [4.69, 9.17) is 16.3 Å². The summed E-state index contributed by atoms with van der Waals surface area (Å²) in [5.41, 5.74) is -0.530. The van der Waals surface area contributed by atoms with Crippen molar-refractivity contribution in [1.29, 1.82) is 0 Å². The standard InChI is InChI=1S/C12H7ClFNO3/c13-7-4-8(6-15-5-7)18-12(17)11-9(14)2-1-3-10(11)16/h1-6,16H. The minimum atomic E-state index is -1.02. The summed E-state index contributed by atoms with van der Waals surface area (Å²) in [5.74, 6) is -2.31. The molecule has 1 aromatic heterocycles. The van der Waals surface area contributed by atoms with Crippen LogP contribution in [0.3, 0.4) is 0 Å². The molecule has 4 nitrogen and oxygen atoms in total. The van der Waals surface area contributed by atoms with E-state index in [-0.39, 0.29) is 10.8 Å². The van der Waals surface area contributed by atoms with E-state index in [0.29, 0.717) is 0 Å². The monoisotopic (exact) mass is 267 g/mol. The highest BCUT2D eigenvalue weighted by Crippen LogP contribution is 2.23. The van der Waals surface area contributed by atoms with E-state index < -0.39 is 23.1 Å². The third kappa shape index (κ3) is 2.57. The number of rotatable bonds is 2. The summed E-state index contributed by atoms with van der Waals surface area (Å²) < 4.78 is 18.2. The van der Waals surface area contributed by atoms with Crippen molar-refractivity contribution in [2.75, 3.05) is 0 Å². The van der Waals surface area contributed by atoms with Crippen LogP contribution in [0.4, 0.5) is 4.39 Å². The first-order valence-corrected chi connectivity index (χ1v) is 5.26. The molecule has 0 unspecified atom stereocenters. The Labute approximate surface area is 107 Å². The van der Waals surface area contributed by atoms with Gasteiger partial charge in [-0.1, -0.05) is 17.7 Å². The second-order valence-corrected chi connectivity index (χ2v) is 3.80. The molecule has 1 N–H and O–H groups in total. The molecule has 0 radical (unpaired) electrons. The summed E-state index contributed by atoms with van der Waals surface area (Å²) in [5, 5.41) is 9.69. The van der Waals surface area contributed by atoms with E-state index in [9.17, 15) is 14.3 Å². The van der Waals surface area contributed by atoms with Crippen LogP contribution in [0.15, 0.2) is 36.7 Å². The van der Waals surface area contributed by atoms with Crippen molar-refractivity contribution in [3.8, 4) is 11.5 Å². The number of phenols is 1. The van der Waals surface area contributed by atoms with Crippen LogP contribution in [-0.4, -0.2) is 16.1 Å². The second-order valence-electron chi connectivity index (χ2n) is 3.36. The minimum Gasteiger partial charge on any atom is -0.507 e. The average molecular weight is 268 g/mol. The number of nitrogens with zero attached hydrogens (tertiary/aromatic N) is 1. The Morgan fingerprint density at radius 3 is 2.83 bits per heavy atom. The smallest absolute Gasteiger partial charge is 0.350 e. The Bertz CT molecular complexity index is 583. The zero-order chi connectivity index (χ0) is 13.1. The number of esters is 1. The van der Waals surface area contributed by atoms with Crippen LogP contribution in [0, 0.1) is 5.82 Å². The fourth-order valence-electron chi connectivity index (χ4n) is 1.32. The summed E-state index contributed by atoms with van der Waals surface area (Å²) in [6.07, 6.45) is 2.61. The van der Waals surface area contributed by atoms with Crippen LogP contribution in [0.2, 0.25) is 5.02 Å². The van der Waals surface area contributed by atoms with Crippen LogP contribution >= 0.6 is 11.6 Å². The van der Waals surface area contributed by atoms with E-state index >= 15 is 0 Å². The number of carbonyl (C=O) groups is 1. The highest BCUT2D eigenvalue weighted by molar-refractivity contribution is 6.30. The third-order valence-electron chi connectivity index (χ3n) is 2.09. The largest absolute Gasteiger partial charge is 0.507 e. The van der Waals surface area contributed by atoms with Crippen molar-refractivity contribution in [2.45, 2.75) is 0 Å². The van der Waals surface area contributed by atoms with Crippen molar-refractivity contribution in [3.63, 3.8) is 0 Å². The Kier molecular flexibility index (Phi) is 3.43. The number of hydrogen-bond acceptors (Lipinski definition) is 4. The Hall–Kier alpha value is -2.14. The van der Waals surface area contributed by atoms with Crippen LogP contribution in [-0.2, 0) is 0 Å². The Balaban J connectivity index is 2.28. The Morgan fingerprint density at radius 2 is 2.17 bits per heavy atom. The molecule has 0 aliphatic carbocycles. The molecule has 1 heterocycles. The second kappa shape index (κ2) is 5.01. The summed E-state index contributed by atoms with van der Waals surface area (Å²) in [7, 11) is 0. The molecule has 0 saturated carbocycles. The molecule has 1 aromatic carbocycles. The molecule has 0 amide bonds. The number of hydrogen-bond donors (Lipinski definition) is 1. The Morgan fingerprint density at radius 1 is 1.39 bits per heavy atom. The van der Waals surface area contributed by atoms with E-state index in [1.54, 1.807) is 0 Å². The van der Waals surface area contributed by atoms with E-state index in [0.717, 1.165) is 6.07 Å². The van der Waals surface area contributed by atoms with Crippen molar-refractivity contribution < 1.29 is 19.0 Å². The van der Waals surface area contributed by atoms with Gasteiger partial charge in [-0.15, -0.1) is 0 Å². The van der Waals surface area contributed by atoms with Crippen LogP contribution in [0.1, 0.15) is 10.4 Å². The lowest BCUT2D eigenvalue weighted by molar-refractivity contribution is 0.0726. The van der Waals surface area contributed by atoms with E-state index in [1.807, 2.05) is 0 Å². The van der Waals surface area contributed by atoms with Gasteiger partial charge in [-0.05, 0) is 12.1 Å². The molecule has 6 heteroatoms. The zero-order valence-corrected chi connectivity index (χ0v) is 9.69. The zero-order valence-electron chi connectivity index (χ0n) is 8.93. The van der Waals surface area contributed by atoms with Crippen LogP contribution in [0.25, 0.3) is 0 Å². The van der Waals surface area contributed by atoms with Gasteiger partial charge >= 0.3 is 5.97 Å². The fraction of sp³-hybridized carbons (Fsp3) is 0. The van der Waals surface area contributed by atoms with Gasteiger partial charge in [0.2, 0.25) is 0 Å². The number of carbonyl (C=O) groups excluding carboxylic acids is 1. The molecule has 0 saturated heterocycles. The summed E-state index contributed by atoms with van der Waals surface area (Å²) in [6, 6.07) is 4.87. The molecule has 0 aliphatic heterocycles. The van der Waals surface area contributed by atoms with Gasteiger partial charge in [0.25, 0.3) is 0 Å². The van der Waals surface area contributed by atoms with Gasteiger partial charge in [0.05, 0.1) is 11.2 Å². The molecule has 18 heavy (non-hydrogen) atoms. The maximum Gasteiger partial charge on any atom is 0.350 e. The third-order valence-corrected chi connectivity index (χ3v) is 2.29. The predicted octanol–water partition coefficient (Wildman–Crippen LogP) is 2.80. The lowest BCUT2D eigenvalue weighted by Gasteiger charge is -2.06. The summed E-state index contributed by atoms with van der Waals surface area (Å²) in [6.45, 7) is 0. The SMILES string of the molecule is O=C(Oc1cncc(Cl)c1)c1c(O)cccc1F. The number of ether oxygens (including phenoxy) is 1. The number of phenolic OH excluding ortho intramolecular Hbond substituents is 1. The molecule has 92 valence electrons. The number of pyridine rings is 1. The highest BCUT2D eigenvalue weighted by Gasteiger charge is 2.18. The van der Waals surface area contributed by atoms with Crippen molar-refractivity contribution in [3.05, 3.63) is 53.1 Å². The van der Waals surface area contributed by atoms with Gasteiger partial charge in [-0.25, -0.2) is 9.18 Å². The van der Waals surface area contributed by atoms with Gasteiger partial charge in [-0.2, -0.15) is 0 Å². The molecule has 0 aliphatic rings. The van der Waals surface area contributed by atoms with Gasteiger partial charge in [-0.3, -0.25) is 4.98 Å². The molecule has 0 atom stereocenters. The summed E-state index contributed by atoms with van der Waals surface area (Å²) in [4.78, 5) is 15.4. The first-order valence-electron chi connectivity index (χ1n) is 4.88. The van der Waals surface area contributed by atoms with Crippen LogP contribution in [0.5, 0.6) is 11.5 Å². The van der Waals surface area contributed by atoms with Gasteiger partial charge < -0.3 is 9.84 Å². The molecule has 2 aromatic rings. The first kappa shape index (κ1) is 12.3. The quantitative estimate of drug-likeness (QED) is 0.850. The van der Waals surface area contributed by atoms with E-state index in [2.05, 4.69) is 4.98 Å². The lowest BCUT2D eigenvalue weighted by Crippen LogP contribution is -2.11.